The topological polar surface area (TPSA) is 21.7 Å². The van der Waals surface area contributed by atoms with Gasteiger partial charge in [0, 0.05) is 12.5 Å². The number of methoxy groups -OCH3 is 1. The molecule has 3 nitrogen and oxygen atoms in total. The standard InChI is InChI=1S/C31H33NO2.ClH/c1-33-25-14-16-27-29(21-25)28-15-11-22-7-3-4-8-26(22)31(28)30(27)23-9-12-24(13-10-23)34-20-19-32-17-5-2-6-18-32;/h4,7-10,12-16,21,30H,2-3,5-6,11,17-20H2,1H3;1H. The lowest BCUT2D eigenvalue weighted by atomic mass is 9.79. The summed E-state index contributed by atoms with van der Waals surface area (Å²) < 4.78 is 11.7. The van der Waals surface area contributed by atoms with Crippen molar-refractivity contribution in [1.29, 1.82) is 0 Å². The predicted octanol–water partition coefficient (Wildman–Crippen LogP) is 7.10. The van der Waals surface area contributed by atoms with Gasteiger partial charge < -0.3 is 9.47 Å². The Kier molecular flexibility index (Phi) is 7.17. The maximum atomic E-state index is 6.12. The maximum absolute atomic E-state index is 6.12. The minimum atomic E-state index is 0. The quantitative estimate of drug-likeness (QED) is 0.433. The highest BCUT2D eigenvalue weighted by Gasteiger charge is 2.37. The third kappa shape index (κ3) is 4.60. The zero-order valence-corrected chi connectivity index (χ0v) is 21.3. The smallest absolute Gasteiger partial charge is 0.119 e. The number of halogens is 1. The van der Waals surface area contributed by atoms with Crippen LogP contribution in [0.25, 0.3) is 5.57 Å². The Morgan fingerprint density at radius 1 is 0.943 bits per heavy atom. The molecular weight excluding hydrogens is 454 g/mol. The lowest BCUT2D eigenvalue weighted by Gasteiger charge is -2.26. The highest BCUT2D eigenvalue weighted by atomic mass is 35.5. The number of allylic oxidation sites excluding steroid dienone is 8. The van der Waals surface area contributed by atoms with E-state index in [1.807, 2.05) is 0 Å². The number of piperidine rings is 1. The van der Waals surface area contributed by atoms with Crippen LogP contribution in [-0.2, 0) is 0 Å². The van der Waals surface area contributed by atoms with Gasteiger partial charge in [0.25, 0.3) is 0 Å². The molecule has 182 valence electrons. The Bertz CT molecular complexity index is 1200. The van der Waals surface area contributed by atoms with Gasteiger partial charge in [0.1, 0.15) is 18.1 Å². The van der Waals surface area contributed by atoms with Gasteiger partial charge in [0.2, 0.25) is 0 Å². The fourth-order valence-corrected chi connectivity index (χ4v) is 5.98. The molecule has 6 rings (SSSR count). The van der Waals surface area contributed by atoms with Crippen molar-refractivity contribution in [2.24, 2.45) is 0 Å². The summed E-state index contributed by atoms with van der Waals surface area (Å²) in [6.45, 7) is 4.21. The molecule has 1 atom stereocenters. The second-order valence-electron chi connectivity index (χ2n) is 9.72. The molecule has 1 aliphatic heterocycles. The van der Waals surface area contributed by atoms with Crippen LogP contribution < -0.4 is 9.47 Å². The van der Waals surface area contributed by atoms with Crippen molar-refractivity contribution in [1.82, 2.24) is 4.90 Å². The summed E-state index contributed by atoms with van der Waals surface area (Å²) in [6, 6.07) is 15.4. The molecule has 2 aromatic rings. The monoisotopic (exact) mass is 487 g/mol. The Morgan fingerprint density at radius 3 is 2.54 bits per heavy atom. The minimum Gasteiger partial charge on any atom is -0.497 e. The lowest BCUT2D eigenvalue weighted by molar-refractivity contribution is 0.183. The number of ether oxygens (including phenoxy) is 2. The average molecular weight is 488 g/mol. The lowest BCUT2D eigenvalue weighted by Crippen LogP contribution is -2.33. The van der Waals surface area contributed by atoms with Crippen LogP contribution in [0.5, 0.6) is 11.5 Å². The molecule has 1 unspecified atom stereocenters. The van der Waals surface area contributed by atoms with E-state index in [-0.39, 0.29) is 18.3 Å². The third-order valence-electron chi connectivity index (χ3n) is 7.73. The van der Waals surface area contributed by atoms with E-state index < -0.39 is 0 Å². The number of hydrogen-bond donors (Lipinski definition) is 0. The first-order chi connectivity index (χ1) is 16.8. The SMILES string of the molecule is COc1ccc2c(c1)C1=CCC3=CCC=CC3=C1C2c1ccc(OCCN2CCCCC2)cc1.Cl. The number of fused-ring (bicyclic) bond motifs is 4. The number of likely N-dealkylation sites (tertiary alicyclic amines) is 1. The van der Waals surface area contributed by atoms with Crippen LogP contribution in [0.3, 0.4) is 0 Å². The molecule has 0 radical (unpaired) electrons. The molecule has 4 heteroatoms. The predicted molar refractivity (Wildman–Crippen MR) is 146 cm³/mol. The van der Waals surface area contributed by atoms with Gasteiger partial charge in [-0.1, -0.05) is 48.9 Å². The molecule has 0 bridgehead atoms. The largest absolute Gasteiger partial charge is 0.497 e. The second kappa shape index (κ2) is 10.5. The van der Waals surface area contributed by atoms with Gasteiger partial charge in [-0.2, -0.15) is 0 Å². The highest BCUT2D eigenvalue weighted by molar-refractivity contribution is 5.93. The summed E-state index contributed by atoms with van der Waals surface area (Å²) >= 11 is 0. The fraction of sp³-hybridized carbons (Fsp3) is 0.355. The van der Waals surface area contributed by atoms with Crippen molar-refractivity contribution >= 4 is 18.0 Å². The molecular formula is C31H34ClNO2. The Morgan fingerprint density at radius 2 is 1.74 bits per heavy atom. The van der Waals surface area contributed by atoms with E-state index in [9.17, 15) is 0 Å². The van der Waals surface area contributed by atoms with Crippen molar-refractivity contribution in [3.8, 4) is 11.5 Å². The van der Waals surface area contributed by atoms with E-state index in [2.05, 4.69) is 71.7 Å². The fourth-order valence-electron chi connectivity index (χ4n) is 5.98. The molecule has 0 amide bonds. The van der Waals surface area contributed by atoms with Crippen molar-refractivity contribution < 1.29 is 9.47 Å². The van der Waals surface area contributed by atoms with Gasteiger partial charge in [-0.05, 0) is 102 Å². The van der Waals surface area contributed by atoms with Gasteiger partial charge in [0.15, 0.2) is 0 Å². The van der Waals surface area contributed by atoms with Gasteiger partial charge in [-0.25, -0.2) is 0 Å². The van der Waals surface area contributed by atoms with Crippen LogP contribution in [0.1, 0.15) is 54.7 Å². The minimum absolute atomic E-state index is 0. The number of rotatable bonds is 6. The summed E-state index contributed by atoms with van der Waals surface area (Å²) in [5.41, 5.74) is 9.69. The van der Waals surface area contributed by atoms with Gasteiger partial charge >= 0.3 is 0 Å². The number of hydrogen-bond acceptors (Lipinski definition) is 3. The van der Waals surface area contributed by atoms with Crippen molar-refractivity contribution in [3.63, 3.8) is 0 Å². The van der Waals surface area contributed by atoms with Crippen LogP contribution in [-0.4, -0.2) is 38.3 Å². The molecule has 0 N–H and O–H groups in total. The molecule has 1 heterocycles. The normalized spacial score (nSPS) is 20.8. The number of benzene rings is 2. The summed E-state index contributed by atoms with van der Waals surface area (Å²) in [6.07, 6.45) is 15.5. The van der Waals surface area contributed by atoms with Crippen molar-refractivity contribution in [2.75, 3.05) is 33.4 Å². The Hall–Kier alpha value is -2.75. The summed E-state index contributed by atoms with van der Waals surface area (Å²) in [5.74, 6) is 2.11. The first-order valence-electron chi connectivity index (χ1n) is 12.8. The zero-order chi connectivity index (χ0) is 22.9. The van der Waals surface area contributed by atoms with Crippen LogP contribution in [0.4, 0.5) is 0 Å². The van der Waals surface area contributed by atoms with Gasteiger partial charge in [-0.3, -0.25) is 4.90 Å². The Balaban J connectivity index is 0.00000253. The van der Waals surface area contributed by atoms with Crippen molar-refractivity contribution in [3.05, 3.63) is 100 Å². The molecule has 35 heavy (non-hydrogen) atoms. The van der Waals surface area contributed by atoms with Gasteiger partial charge in [0.05, 0.1) is 7.11 Å². The van der Waals surface area contributed by atoms with Crippen LogP contribution in [0, 0.1) is 0 Å². The summed E-state index contributed by atoms with van der Waals surface area (Å²) in [7, 11) is 1.75. The van der Waals surface area contributed by atoms with Crippen LogP contribution >= 0.6 is 12.4 Å². The summed E-state index contributed by atoms with van der Waals surface area (Å²) in [4.78, 5) is 2.52. The third-order valence-corrected chi connectivity index (χ3v) is 7.73. The zero-order valence-electron chi connectivity index (χ0n) is 20.5. The van der Waals surface area contributed by atoms with E-state index in [1.54, 1.807) is 7.11 Å². The van der Waals surface area contributed by atoms with Crippen LogP contribution in [0.2, 0.25) is 0 Å². The molecule has 2 aromatic carbocycles. The molecule has 0 saturated carbocycles. The van der Waals surface area contributed by atoms with E-state index in [1.165, 1.54) is 71.3 Å². The first-order valence-corrected chi connectivity index (χ1v) is 12.8. The van der Waals surface area contributed by atoms with E-state index in [0.29, 0.717) is 0 Å². The molecule has 0 aromatic heterocycles. The highest BCUT2D eigenvalue weighted by Crippen LogP contribution is 2.54. The molecule has 4 aliphatic rings. The van der Waals surface area contributed by atoms with Crippen molar-refractivity contribution in [2.45, 2.75) is 38.0 Å². The van der Waals surface area contributed by atoms with E-state index in [4.69, 9.17) is 9.47 Å². The number of nitrogens with zero attached hydrogens (tertiary/aromatic N) is 1. The van der Waals surface area contributed by atoms with Gasteiger partial charge in [-0.15, -0.1) is 12.4 Å². The first kappa shape index (κ1) is 24.0. The molecule has 3 aliphatic carbocycles. The maximum Gasteiger partial charge on any atom is 0.119 e. The van der Waals surface area contributed by atoms with E-state index in [0.717, 1.165) is 37.5 Å². The molecule has 0 spiro atoms. The molecule has 1 fully saturated rings. The van der Waals surface area contributed by atoms with Crippen LogP contribution in [0.15, 0.2) is 83.5 Å². The van der Waals surface area contributed by atoms with E-state index >= 15 is 0 Å². The summed E-state index contributed by atoms with van der Waals surface area (Å²) in [5, 5.41) is 0. The average Bonchev–Trinajstić information content (AvgIpc) is 3.24. The Labute approximate surface area is 215 Å². The second-order valence-corrected chi connectivity index (χ2v) is 9.72. The molecule has 1 saturated heterocycles.